The molecule has 2 aromatic carbocycles. The number of anilines is 1. The molecule has 1 fully saturated rings. The molecule has 2 aromatic rings. The zero-order valence-electron chi connectivity index (χ0n) is 13.7. The van der Waals surface area contributed by atoms with Gasteiger partial charge in [-0.05, 0) is 36.4 Å². The van der Waals surface area contributed by atoms with Crippen molar-refractivity contribution in [2.45, 2.75) is 6.18 Å². The minimum absolute atomic E-state index is 0.142. The van der Waals surface area contributed by atoms with Crippen molar-refractivity contribution < 1.29 is 27.6 Å². The zero-order chi connectivity index (χ0) is 20.6. The number of carbonyl (C=O) groups excluding carboxylic acids is 3. The van der Waals surface area contributed by atoms with Gasteiger partial charge >= 0.3 is 12.2 Å². The van der Waals surface area contributed by atoms with Crippen LogP contribution in [-0.2, 0) is 15.8 Å². The number of hydrogen-bond acceptors (Lipinski definition) is 3. The van der Waals surface area contributed by atoms with Crippen molar-refractivity contribution in [2.75, 3.05) is 4.90 Å². The second-order valence-electron chi connectivity index (χ2n) is 5.64. The van der Waals surface area contributed by atoms with E-state index < -0.39 is 35.2 Å². The molecule has 0 spiro atoms. The Morgan fingerprint density at radius 3 is 2.18 bits per heavy atom. The first-order valence-corrected chi connectivity index (χ1v) is 8.38. The summed E-state index contributed by atoms with van der Waals surface area (Å²) in [6.07, 6.45) is -3.60. The highest BCUT2D eigenvalue weighted by molar-refractivity contribution is 6.41. The van der Waals surface area contributed by atoms with E-state index in [-0.39, 0.29) is 21.3 Å². The molecule has 10 heteroatoms. The molecule has 1 aliphatic heterocycles. The third-order valence-corrected chi connectivity index (χ3v) is 4.48. The van der Waals surface area contributed by atoms with Crippen molar-refractivity contribution in [3.63, 3.8) is 0 Å². The summed E-state index contributed by atoms with van der Waals surface area (Å²) in [5.74, 6) is -2.13. The van der Waals surface area contributed by atoms with Crippen molar-refractivity contribution in [3.05, 3.63) is 69.2 Å². The standard InChI is InChI=1S/C18H9Cl2F3N2O3/c19-13-5-2-6-14(20)11(13)8-12-15(26)24-17(28)25(16(12)27)10-4-1-3-9(7-10)18(21,22)23/h1-8H,(H,24,26,28)/b12-8+. The average Bonchev–Trinajstić information content (AvgIpc) is 2.60. The van der Waals surface area contributed by atoms with E-state index in [9.17, 15) is 27.6 Å². The normalized spacial score (nSPS) is 16.5. The number of barbiturate groups is 1. The van der Waals surface area contributed by atoms with Gasteiger partial charge in [0.25, 0.3) is 11.8 Å². The summed E-state index contributed by atoms with van der Waals surface area (Å²) in [5, 5.41) is 2.20. The summed E-state index contributed by atoms with van der Waals surface area (Å²) in [6.45, 7) is 0. The van der Waals surface area contributed by atoms with E-state index in [4.69, 9.17) is 23.2 Å². The van der Waals surface area contributed by atoms with Crippen molar-refractivity contribution in [1.82, 2.24) is 5.32 Å². The second-order valence-corrected chi connectivity index (χ2v) is 6.46. The lowest BCUT2D eigenvalue weighted by atomic mass is 10.1. The van der Waals surface area contributed by atoms with E-state index in [0.717, 1.165) is 24.3 Å². The monoisotopic (exact) mass is 428 g/mol. The fourth-order valence-electron chi connectivity index (χ4n) is 2.51. The van der Waals surface area contributed by atoms with Crippen molar-refractivity contribution in [3.8, 4) is 0 Å². The maximum Gasteiger partial charge on any atom is 0.416 e. The number of hydrogen-bond donors (Lipinski definition) is 1. The van der Waals surface area contributed by atoms with Crippen LogP contribution in [0.1, 0.15) is 11.1 Å². The van der Waals surface area contributed by atoms with Gasteiger partial charge in [0, 0.05) is 15.6 Å². The minimum atomic E-state index is -4.68. The molecule has 1 aliphatic rings. The molecule has 4 amide bonds. The molecule has 1 N–H and O–H groups in total. The summed E-state index contributed by atoms with van der Waals surface area (Å²) in [5.41, 5.74) is -1.75. The van der Waals surface area contributed by atoms with Gasteiger partial charge in [0.2, 0.25) is 0 Å². The number of carbonyl (C=O) groups is 3. The van der Waals surface area contributed by atoms with Gasteiger partial charge in [-0.15, -0.1) is 0 Å². The lowest BCUT2D eigenvalue weighted by molar-refractivity contribution is -0.137. The summed E-state index contributed by atoms with van der Waals surface area (Å²) < 4.78 is 38.8. The molecule has 0 radical (unpaired) electrons. The fourth-order valence-corrected chi connectivity index (χ4v) is 3.01. The van der Waals surface area contributed by atoms with Gasteiger partial charge in [-0.2, -0.15) is 13.2 Å². The van der Waals surface area contributed by atoms with E-state index in [0.29, 0.717) is 11.0 Å². The van der Waals surface area contributed by atoms with Gasteiger partial charge in [-0.25, -0.2) is 9.69 Å². The van der Waals surface area contributed by atoms with E-state index in [1.807, 2.05) is 5.32 Å². The number of imide groups is 2. The highest BCUT2D eigenvalue weighted by Gasteiger charge is 2.38. The van der Waals surface area contributed by atoms with Crippen molar-refractivity contribution in [2.24, 2.45) is 0 Å². The van der Waals surface area contributed by atoms with E-state index in [1.54, 1.807) is 6.07 Å². The van der Waals surface area contributed by atoms with Crippen LogP contribution in [0.2, 0.25) is 10.0 Å². The Kier molecular flexibility index (Phi) is 5.18. The van der Waals surface area contributed by atoms with Crippen LogP contribution < -0.4 is 10.2 Å². The quantitative estimate of drug-likeness (QED) is 0.557. The Balaban J connectivity index is 2.08. The molecule has 5 nitrogen and oxygen atoms in total. The van der Waals surface area contributed by atoms with Crippen LogP contribution in [0.25, 0.3) is 6.08 Å². The van der Waals surface area contributed by atoms with Crippen LogP contribution in [0.4, 0.5) is 23.7 Å². The van der Waals surface area contributed by atoms with Crippen LogP contribution in [0.5, 0.6) is 0 Å². The van der Waals surface area contributed by atoms with E-state index in [1.165, 1.54) is 12.1 Å². The minimum Gasteiger partial charge on any atom is -0.273 e. The molecular formula is C18H9Cl2F3N2O3. The van der Waals surface area contributed by atoms with E-state index in [2.05, 4.69) is 0 Å². The number of urea groups is 1. The summed E-state index contributed by atoms with van der Waals surface area (Å²) in [6, 6.07) is 6.94. The smallest absolute Gasteiger partial charge is 0.273 e. The Hall–Kier alpha value is -2.84. The molecule has 0 aromatic heterocycles. The zero-order valence-corrected chi connectivity index (χ0v) is 15.2. The molecule has 0 aliphatic carbocycles. The number of amides is 4. The van der Waals surface area contributed by atoms with Gasteiger partial charge in [0.15, 0.2) is 0 Å². The van der Waals surface area contributed by atoms with Gasteiger partial charge in [-0.1, -0.05) is 35.3 Å². The highest BCUT2D eigenvalue weighted by Crippen LogP contribution is 2.33. The number of halogens is 5. The first-order valence-electron chi connectivity index (χ1n) is 7.62. The Labute approximate surface area is 166 Å². The number of benzene rings is 2. The summed E-state index contributed by atoms with van der Waals surface area (Å²) in [4.78, 5) is 37.4. The van der Waals surface area contributed by atoms with Gasteiger partial charge < -0.3 is 0 Å². The first kappa shape index (κ1) is 19.9. The van der Waals surface area contributed by atoms with Crippen molar-refractivity contribution >= 4 is 52.8 Å². The average molecular weight is 429 g/mol. The SMILES string of the molecule is O=C1NC(=O)N(c2cccc(C(F)(F)F)c2)C(=O)/C1=C/c1c(Cl)cccc1Cl. The maximum absolute atomic E-state index is 12.9. The molecule has 3 rings (SSSR count). The van der Waals surface area contributed by atoms with Crippen LogP contribution in [0.15, 0.2) is 48.0 Å². The molecule has 1 heterocycles. The molecule has 144 valence electrons. The molecule has 0 bridgehead atoms. The van der Waals surface area contributed by atoms with Crippen LogP contribution >= 0.6 is 23.2 Å². The third-order valence-electron chi connectivity index (χ3n) is 3.82. The Morgan fingerprint density at radius 2 is 1.57 bits per heavy atom. The number of alkyl halides is 3. The van der Waals surface area contributed by atoms with Crippen LogP contribution in [0.3, 0.4) is 0 Å². The number of nitrogens with zero attached hydrogens (tertiary/aromatic N) is 1. The predicted molar refractivity (Wildman–Crippen MR) is 96.9 cm³/mol. The largest absolute Gasteiger partial charge is 0.416 e. The van der Waals surface area contributed by atoms with Gasteiger partial charge in [0.05, 0.1) is 11.3 Å². The Bertz CT molecular complexity index is 1010. The topological polar surface area (TPSA) is 66.5 Å². The first-order chi connectivity index (χ1) is 13.1. The lowest BCUT2D eigenvalue weighted by Crippen LogP contribution is -2.54. The maximum atomic E-state index is 12.9. The second kappa shape index (κ2) is 7.29. The molecule has 28 heavy (non-hydrogen) atoms. The van der Waals surface area contributed by atoms with Crippen LogP contribution in [-0.4, -0.2) is 17.8 Å². The molecule has 0 saturated carbocycles. The van der Waals surface area contributed by atoms with Gasteiger partial charge in [0.1, 0.15) is 5.57 Å². The molecule has 0 atom stereocenters. The molecule has 1 saturated heterocycles. The number of nitrogens with one attached hydrogen (secondary N) is 1. The van der Waals surface area contributed by atoms with Crippen LogP contribution in [0, 0.1) is 0 Å². The van der Waals surface area contributed by atoms with Gasteiger partial charge in [-0.3, -0.25) is 14.9 Å². The number of rotatable bonds is 2. The van der Waals surface area contributed by atoms with E-state index >= 15 is 0 Å². The molecular weight excluding hydrogens is 420 g/mol. The summed E-state index contributed by atoms with van der Waals surface area (Å²) >= 11 is 12.0. The predicted octanol–water partition coefficient (Wildman–Crippen LogP) is 4.68. The highest BCUT2D eigenvalue weighted by atomic mass is 35.5. The fraction of sp³-hybridized carbons (Fsp3) is 0.0556. The molecule has 0 unspecified atom stereocenters. The lowest BCUT2D eigenvalue weighted by Gasteiger charge is -2.27. The Morgan fingerprint density at radius 1 is 0.964 bits per heavy atom. The summed E-state index contributed by atoms with van der Waals surface area (Å²) in [7, 11) is 0. The van der Waals surface area contributed by atoms with Crippen molar-refractivity contribution in [1.29, 1.82) is 0 Å². The third kappa shape index (κ3) is 3.74.